The number of pyridine rings is 1. The average Bonchev–Trinajstić information content (AvgIpc) is 3.47. The number of imidazole rings is 1. The van der Waals surface area contributed by atoms with Gasteiger partial charge in [-0.05, 0) is 37.3 Å². The summed E-state index contributed by atoms with van der Waals surface area (Å²) in [5.74, 6) is 1.10. The lowest BCUT2D eigenvalue weighted by atomic mass is 10.2. The van der Waals surface area contributed by atoms with Crippen LogP contribution < -0.4 is 14.2 Å². The maximum atomic E-state index is 14.4. The van der Waals surface area contributed by atoms with Gasteiger partial charge in [-0.2, -0.15) is 8.96 Å². The van der Waals surface area contributed by atoms with Gasteiger partial charge >= 0.3 is 5.16 Å². The van der Waals surface area contributed by atoms with Crippen LogP contribution in [0, 0.1) is 6.92 Å². The molecule has 47 heavy (non-hydrogen) atoms. The third kappa shape index (κ3) is 8.93. The van der Waals surface area contributed by atoms with Crippen LogP contribution in [-0.2, 0) is 45.9 Å². The molecule has 1 unspecified atom stereocenters. The second-order valence-corrected chi connectivity index (χ2v) is 13.5. The fourth-order valence-corrected chi connectivity index (χ4v) is 7.80. The van der Waals surface area contributed by atoms with Crippen molar-refractivity contribution in [3.63, 3.8) is 0 Å². The first-order chi connectivity index (χ1) is 22.9. The number of benzene rings is 2. The molecule has 254 valence electrons. The van der Waals surface area contributed by atoms with Gasteiger partial charge in [0.05, 0.1) is 67.9 Å². The maximum Gasteiger partial charge on any atom is 0.338 e. The van der Waals surface area contributed by atoms with E-state index in [2.05, 4.69) is 9.97 Å². The Labute approximate surface area is 277 Å². The van der Waals surface area contributed by atoms with Gasteiger partial charge in [0, 0.05) is 49.1 Å². The fraction of sp³-hybridized carbons (Fsp3) is 0.438. The Morgan fingerprint density at radius 1 is 0.894 bits per heavy atom. The number of fused-ring (bicyclic) bond motifs is 2. The molecule has 0 saturated carbocycles. The molecule has 5 rings (SSSR count). The van der Waals surface area contributed by atoms with E-state index in [1.807, 2.05) is 6.92 Å². The summed E-state index contributed by atoms with van der Waals surface area (Å²) in [6.45, 7) is 5.45. The first kappa shape index (κ1) is 34.9. The zero-order valence-electron chi connectivity index (χ0n) is 26.4. The topological polar surface area (TPSA) is 153 Å². The van der Waals surface area contributed by atoms with Gasteiger partial charge in [-0.25, -0.2) is 8.42 Å². The zero-order chi connectivity index (χ0) is 33.1. The summed E-state index contributed by atoms with van der Waals surface area (Å²) in [4.78, 5) is 8.85. The largest absolute Gasteiger partial charge is 0.609 e. The molecule has 0 fully saturated rings. The van der Waals surface area contributed by atoms with Crippen LogP contribution in [0.5, 0.6) is 17.2 Å². The molecule has 0 bridgehead atoms. The number of aromatic nitrogens is 3. The Balaban J connectivity index is 1.45. The van der Waals surface area contributed by atoms with Crippen molar-refractivity contribution in [1.82, 2.24) is 13.9 Å². The number of methoxy groups -OCH3 is 1. The molecule has 4 aromatic rings. The van der Waals surface area contributed by atoms with Crippen LogP contribution in [0.15, 0.2) is 64.8 Å². The Morgan fingerprint density at radius 2 is 1.57 bits per heavy atom. The van der Waals surface area contributed by atoms with Crippen LogP contribution in [0.2, 0.25) is 0 Å². The van der Waals surface area contributed by atoms with Crippen molar-refractivity contribution in [2.45, 2.75) is 29.1 Å². The third-order valence-electron chi connectivity index (χ3n) is 7.14. The Hall–Kier alpha value is -3.44. The van der Waals surface area contributed by atoms with Crippen LogP contribution in [0.25, 0.3) is 11.0 Å². The van der Waals surface area contributed by atoms with E-state index in [0.29, 0.717) is 80.9 Å². The summed E-state index contributed by atoms with van der Waals surface area (Å²) in [6, 6.07) is 12.8. The third-order valence-corrected chi connectivity index (χ3v) is 10.2. The first-order valence-corrected chi connectivity index (χ1v) is 18.0. The molecule has 0 radical (unpaired) electrons. The van der Waals surface area contributed by atoms with Crippen molar-refractivity contribution in [1.29, 1.82) is 0 Å². The van der Waals surface area contributed by atoms with E-state index in [1.54, 1.807) is 43.6 Å². The molecular weight excluding hydrogens is 650 g/mol. The molecular formula is C32H39N3O10S2. The molecule has 0 saturated heterocycles. The monoisotopic (exact) mass is 689 g/mol. The molecule has 3 heterocycles. The van der Waals surface area contributed by atoms with Gasteiger partial charge in [0.25, 0.3) is 10.0 Å². The molecule has 1 aliphatic rings. The molecule has 2 aromatic heterocycles. The van der Waals surface area contributed by atoms with Gasteiger partial charge in [-0.1, -0.05) is 12.1 Å². The van der Waals surface area contributed by atoms with Crippen LogP contribution in [0.4, 0.5) is 0 Å². The predicted octanol–water partition coefficient (Wildman–Crippen LogP) is 3.52. The average molecular weight is 690 g/mol. The summed E-state index contributed by atoms with van der Waals surface area (Å²) in [5, 5.41) is -0.125. The summed E-state index contributed by atoms with van der Waals surface area (Å²) in [7, 11) is -2.70. The second-order valence-electron chi connectivity index (χ2n) is 10.4. The lowest BCUT2D eigenvalue weighted by molar-refractivity contribution is 0.00708. The molecule has 1 atom stereocenters. The van der Waals surface area contributed by atoms with E-state index in [1.165, 1.54) is 18.2 Å². The Bertz CT molecular complexity index is 1720. The Kier molecular flexibility index (Phi) is 12.7. The highest BCUT2D eigenvalue weighted by molar-refractivity contribution is 7.93. The lowest BCUT2D eigenvalue weighted by Gasteiger charge is -2.17. The van der Waals surface area contributed by atoms with Crippen LogP contribution in [0.1, 0.15) is 17.7 Å². The highest BCUT2D eigenvalue weighted by Gasteiger charge is 2.32. The minimum atomic E-state index is -4.33. The molecule has 13 nitrogen and oxygen atoms in total. The minimum absolute atomic E-state index is 0.0752. The standard InChI is InChI=1S/C32H39N3O10S2/c1-24-27(33-11-10-29(24)43-13-5-12-39-2)23-46(36)32-34-26-6-3-4-7-28(26)35(32)47(37,38)25-8-9-30-31(22-25)45-21-19-42-17-15-40-14-16-41-18-20-44-30/h3-4,6-11,22H,5,12-21,23H2,1-2H3. The number of ether oxygens (including phenoxy) is 7. The minimum Gasteiger partial charge on any atom is -0.609 e. The van der Waals surface area contributed by atoms with Gasteiger partial charge in [-0.15, -0.1) is 0 Å². The molecule has 2 aromatic carbocycles. The zero-order valence-corrected chi connectivity index (χ0v) is 28.1. The van der Waals surface area contributed by atoms with Gasteiger partial charge in [0.15, 0.2) is 17.3 Å². The van der Waals surface area contributed by atoms with Gasteiger partial charge in [0.2, 0.25) is 0 Å². The van der Waals surface area contributed by atoms with Crippen LogP contribution >= 0.6 is 0 Å². The highest BCUT2D eigenvalue weighted by atomic mass is 32.2. The first-order valence-electron chi connectivity index (χ1n) is 15.2. The molecule has 0 amide bonds. The lowest BCUT2D eigenvalue weighted by Crippen LogP contribution is -2.21. The van der Waals surface area contributed by atoms with E-state index in [9.17, 15) is 13.0 Å². The summed E-state index contributed by atoms with van der Waals surface area (Å²) < 4.78 is 83.0. The van der Waals surface area contributed by atoms with E-state index >= 15 is 0 Å². The highest BCUT2D eigenvalue weighted by Crippen LogP contribution is 2.34. The smallest absolute Gasteiger partial charge is 0.338 e. The number of rotatable bonds is 10. The predicted molar refractivity (Wildman–Crippen MR) is 173 cm³/mol. The number of para-hydroxylation sites is 2. The van der Waals surface area contributed by atoms with Crippen LogP contribution in [-0.4, -0.2) is 100 Å². The summed E-state index contributed by atoms with van der Waals surface area (Å²) in [6.07, 6.45) is 2.29. The van der Waals surface area contributed by atoms with E-state index in [4.69, 9.17) is 33.2 Å². The second kappa shape index (κ2) is 17.1. The molecule has 0 aliphatic carbocycles. The number of hydrogen-bond donors (Lipinski definition) is 0. The van der Waals surface area contributed by atoms with Crippen molar-refractivity contribution in [2.75, 3.05) is 73.2 Å². The molecule has 0 N–H and O–H groups in total. The quantitative estimate of drug-likeness (QED) is 0.177. The molecule has 15 heteroatoms. The molecule has 1 aliphatic heterocycles. The number of hydrogen-bond acceptors (Lipinski definition) is 12. The van der Waals surface area contributed by atoms with Crippen molar-refractivity contribution < 1.29 is 46.1 Å². The SMILES string of the molecule is COCCCOc1ccnc(C[S+]([O-])c2nc3ccccc3n2S(=O)(=O)c2ccc3c(c2)OCCOCCOCCOCCO3)c1C. The van der Waals surface area contributed by atoms with Gasteiger partial charge in [-0.3, -0.25) is 4.98 Å². The van der Waals surface area contributed by atoms with E-state index in [0.717, 1.165) is 3.97 Å². The van der Waals surface area contributed by atoms with Crippen molar-refractivity contribution in [3.05, 3.63) is 66.0 Å². The van der Waals surface area contributed by atoms with Crippen molar-refractivity contribution in [3.8, 4) is 17.2 Å². The summed E-state index contributed by atoms with van der Waals surface area (Å²) >= 11 is -1.91. The normalized spacial score (nSPS) is 15.9. The fourth-order valence-electron chi connectivity index (χ4n) is 4.74. The van der Waals surface area contributed by atoms with E-state index < -0.39 is 21.2 Å². The van der Waals surface area contributed by atoms with Crippen molar-refractivity contribution in [2.24, 2.45) is 0 Å². The molecule has 0 spiro atoms. The van der Waals surface area contributed by atoms with Gasteiger partial charge in [0.1, 0.15) is 19.0 Å². The summed E-state index contributed by atoms with van der Waals surface area (Å²) in [5.41, 5.74) is 1.89. The Morgan fingerprint density at radius 3 is 2.30 bits per heavy atom. The van der Waals surface area contributed by atoms with Gasteiger partial charge < -0.3 is 37.7 Å². The van der Waals surface area contributed by atoms with Crippen molar-refractivity contribution >= 4 is 32.2 Å². The van der Waals surface area contributed by atoms with E-state index in [-0.39, 0.29) is 46.9 Å². The number of nitrogens with zero attached hydrogens (tertiary/aromatic N) is 3. The maximum absolute atomic E-state index is 14.4. The van der Waals surface area contributed by atoms with Crippen LogP contribution in [0.3, 0.4) is 0 Å².